The van der Waals surface area contributed by atoms with Crippen molar-refractivity contribution < 1.29 is 0 Å². The van der Waals surface area contributed by atoms with Crippen LogP contribution in [-0.2, 0) is 0 Å². The molecule has 0 unspecified atom stereocenters. The van der Waals surface area contributed by atoms with Crippen LogP contribution in [0.2, 0.25) is 10.0 Å². The maximum Gasteiger partial charge on any atom is 0.0825 e. The van der Waals surface area contributed by atoms with E-state index in [1.165, 1.54) is 32.2 Å². The fourth-order valence-corrected chi connectivity index (χ4v) is 4.34. The van der Waals surface area contributed by atoms with Gasteiger partial charge in [0.15, 0.2) is 0 Å². The van der Waals surface area contributed by atoms with Gasteiger partial charge in [0.1, 0.15) is 0 Å². The van der Waals surface area contributed by atoms with Gasteiger partial charge in [-0.1, -0.05) is 29.3 Å². The molecule has 5 heteroatoms. The van der Waals surface area contributed by atoms with Gasteiger partial charge < -0.3 is 10.6 Å². The maximum absolute atomic E-state index is 6.35. The molecule has 1 aromatic carbocycles. The Hall–Kier alpha value is -0.480. The molecule has 128 valence electrons. The van der Waals surface area contributed by atoms with E-state index >= 15 is 0 Å². The van der Waals surface area contributed by atoms with Crippen LogP contribution in [0.15, 0.2) is 18.2 Å². The lowest BCUT2D eigenvalue weighted by Crippen LogP contribution is -2.48. The van der Waals surface area contributed by atoms with Gasteiger partial charge in [-0.3, -0.25) is 4.90 Å². The summed E-state index contributed by atoms with van der Waals surface area (Å²) in [5, 5.41) is 1.32. The van der Waals surface area contributed by atoms with E-state index in [1.54, 1.807) is 0 Å². The third-order valence-electron chi connectivity index (χ3n) is 5.46. The highest BCUT2D eigenvalue weighted by molar-refractivity contribution is 6.43. The molecule has 0 spiro atoms. The minimum atomic E-state index is 0.642. The van der Waals surface area contributed by atoms with Gasteiger partial charge in [0.05, 0.1) is 15.7 Å². The fraction of sp³-hybridized carbons (Fsp3) is 0.667. The van der Waals surface area contributed by atoms with Crippen LogP contribution in [0, 0.1) is 11.8 Å². The van der Waals surface area contributed by atoms with Crippen molar-refractivity contribution in [1.29, 1.82) is 0 Å². The first kappa shape index (κ1) is 17.3. The monoisotopic (exact) mass is 355 g/mol. The highest BCUT2D eigenvalue weighted by atomic mass is 35.5. The van der Waals surface area contributed by atoms with Gasteiger partial charge >= 0.3 is 0 Å². The number of nitrogens with two attached hydrogens (primary N) is 1. The van der Waals surface area contributed by atoms with Crippen molar-refractivity contribution in [3.05, 3.63) is 28.2 Å². The Morgan fingerprint density at radius 2 is 1.61 bits per heavy atom. The molecule has 0 amide bonds. The van der Waals surface area contributed by atoms with Gasteiger partial charge in [0.2, 0.25) is 0 Å². The summed E-state index contributed by atoms with van der Waals surface area (Å²) in [5.74, 6) is 1.63. The van der Waals surface area contributed by atoms with E-state index in [0.29, 0.717) is 10.0 Å². The molecule has 1 aliphatic carbocycles. The molecule has 1 aliphatic heterocycles. The molecular formula is C18H27Cl2N3. The Bertz CT molecular complexity index is 507. The quantitative estimate of drug-likeness (QED) is 0.889. The number of hydrogen-bond acceptors (Lipinski definition) is 3. The molecule has 3 rings (SSSR count). The minimum Gasteiger partial charge on any atom is -0.368 e. The number of benzene rings is 1. The average Bonchev–Trinajstić information content (AvgIpc) is 2.59. The Morgan fingerprint density at radius 3 is 2.26 bits per heavy atom. The van der Waals surface area contributed by atoms with Gasteiger partial charge in [-0.05, 0) is 56.2 Å². The van der Waals surface area contributed by atoms with Crippen molar-refractivity contribution in [2.24, 2.45) is 17.6 Å². The molecule has 2 fully saturated rings. The van der Waals surface area contributed by atoms with Crippen LogP contribution in [-0.4, -0.2) is 44.2 Å². The Morgan fingerprint density at radius 1 is 0.957 bits per heavy atom. The van der Waals surface area contributed by atoms with Crippen molar-refractivity contribution in [2.75, 3.05) is 44.2 Å². The first-order valence-electron chi connectivity index (χ1n) is 8.78. The summed E-state index contributed by atoms with van der Waals surface area (Å²) in [6.45, 7) is 6.38. The molecule has 0 aromatic heterocycles. The Balaban J connectivity index is 1.48. The second kappa shape index (κ2) is 8.06. The molecule has 1 saturated carbocycles. The van der Waals surface area contributed by atoms with E-state index < -0.39 is 0 Å². The molecule has 2 N–H and O–H groups in total. The van der Waals surface area contributed by atoms with Crippen LogP contribution in [0.1, 0.15) is 25.7 Å². The van der Waals surface area contributed by atoms with E-state index in [2.05, 4.69) is 15.9 Å². The number of rotatable bonds is 4. The second-order valence-electron chi connectivity index (χ2n) is 6.98. The predicted octanol–water partition coefficient (Wildman–Crippen LogP) is 3.88. The topological polar surface area (TPSA) is 32.5 Å². The van der Waals surface area contributed by atoms with E-state index in [9.17, 15) is 0 Å². The number of piperazine rings is 1. The lowest BCUT2D eigenvalue weighted by molar-refractivity contribution is 0.175. The number of hydrogen-bond donors (Lipinski definition) is 1. The summed E-state index contributed by atoms with van der Waals surface area (Å²) < 4.78 is 0. The molecule has 1 saturated heterocycles. The smallest absolute Gasteiger partial charge is 0.0825 e. The maximum atomic E-state index is 6.35. The summed E-state index contributed by atoms with van der Waals surface area (Å²) in [6, 6.07) is 5.89. The van der Waals surface area contributed by atoms with Gasteiger partial charge in [-0.2, -0.15) is 0 Å². The fourth-order valence-electron chi connectivity index (χ4n) is 3.92. The van der Waals surface area contributed by atoms with Crippen LogP contribution in [0.3, 0.4) is 0 Å². The van der Waals surface area contributed by atoms with E-state index in [0.717, 1.165) is 50.2 Å². The first-order valence-corrected chi connectivity index (χ1v) is 9.54. The number of anilines is 1. The summed E-state index contributed by atoms with van der Waals surface area (Å²) in [5.41, 5.74) is 6.86. The molecule has 0 radical (unpaired) electrons. The zero-order chi connectivity index (χ0) is 16.2. The molecular weight excluding hydrogens is 329 g/mol. The Kier molecular flexibility index (Phi) is 6.08. The molecule has 1 aromatic rings. The van der Waals surface area contributed by atoms with Crippen molar-refractivity contribution >= 4 is 28.9 Å². The average molecular weight is 356 g/mol. The molecule has 23 heavy (non-hydrogen) atoms. The van der Waals surface area contributed by atoms with Crippen LogP contribution < -0.4 is 10.6 Å². The first-order chi connectivity index (χ1) is 11.2. The van der Waals surface area contributed by atoms with Gasteiger partial charge in [-0.25, -0.2) is 0 Å². The van der Waals surface area contributed by atoms with Gasteiger partial charge in [0, 0.05) is 32.7 Å². The van der Waals surface area contributed by atoms with Gasteiger partial charge in [0.25, 0.3) is 0 Å². The van der Waals surface area contributed by atoms with Crippen LogP contribution in [0.5, 0.6) is 0 Å². The Labute approximate surface area is 149 Å². The minimum absolute atomic E-state index is 0.642. The van der Waals surface area contributed by atoms with Crippen molar-refractivity contribution in [1.82, 2.24) is 4.90 Å². The highest BCUT2D eigenvalue weighted by Gasteiger charge is 2.25. The zero-order valence-electron chi connectivity index (χ0n) is 13.7. The highest BCUT2D eigenvalue weighted by Crippen LogP contribution is 2.33. The van der Waals surface area contributed by atoms with Gasteiger partial charge in [-0.15, -0.1) is 0 Å². The van der Waals surface area contributed by atoms with Crippen LogP contribution >= 0.6 is 23.2 Å². The summed E-state index contributed by atoms with van der Waals surface area (Å²) in [6.07, 6.45) is 5.34. The summed E-state index contributed by atoms with van der Waals surface area (Å²) in [7, 11) is 0. The molecule has 2 aliphatic rings. The number of halogens is 2. The van der Waals surface area contributed by atoms with E-state index in [-0.39, 0.29) is 0 Å². The second-order valence-corrected chi connectivity index (χ2v) is 7.77. The van der Waals surface area contributed by atoms with Crippen molar-refractivity contribution in [2.45, 2.75) is 25.7 Å². The lowest BCUT2D eigenvalue weighted by atomic mass is 9.82. The molecule has 0 atom stereocenters. The molecule has 0 bridgehead atoms. The summed E-state index contributed by atoms with van der Waals surface area (Å²) >= 11 is 12.5. The standard InChI is InChI=1S/C18H27Cl2N3/c19-16-2-1-3-17(18(16)20)23-10-8-22(9-11-23)13-15-6-4-14(12-21)5-7-15/h1-3,14-15H,4-13,21H2/t14-,15-. The number of nitrogens with zero attached hydrogens (tertiary/aromatic N) is 2. The van der Waals surface area contributed by atoms with Crippen LogP contribution in [0.25, 0.3) is 0 Å². The van der Waals surface area contributed by atoms with Crippen molar-refractivity contribution in [3.63, 3.8) is 0 Å². The predicted molar refractivity (Wildman–Crippen MR) is 99.6 cm³/mol. The van der Waals surface area contributed by atoms with E-state index in [4.69, 9.17) is 28.9 Å². The third-order valence-corrected chi connectivity index (χ3v) is 6.27. The zero-order valence-corrected chi connectivity index (χ0v) is 15.2. The van der Waals surface area contributed by atoms with Crippen molar-refractivity contribution in [3.8, 4) is 0 Å². The molecule has 1 heterocycles. The largest absolute Gasteiger partial charge is 0.368 e. The SMILES string of the molecule is NC[C@H]1CC[C@H](CN2CCN(c3cccc(Cl)c3Cl)CC2)CC1. The van der Waals surface area contributed by atoms with E-state index in [1.807, 2.05) is 12.1 Å². The summed E-state index contributed by atoms with van der Waals surface area (Å²) in [4.78, 5) is 4.97. The molecule has 3 nitrogen and oxygen atoms in total. The van der Waals surface area contributed by atoms with Crippen LogP contribution in [0.4, 0.5) is 5.69 Å². The third kappa shape index (κ3) is 4.33. The lowest BCUT2D eigenvalue weighted by Gasteiger charge is -2.39. The normalized spacial score (nSPS) is 26.5.